The lowest BCUT2D eigenvalue weighted by atomic mass is 10.0. The second kappa shape index (κ2) is 8.50. The SMILES string of the molecule is CCS(=O)(=O)NCc1ccc(C(=O)N2CCC(NCC3CC3)CC2)cc1. The van der Waals surface area contributed by atoms with E-state index in [9.17, 15) is 13.2 Å². The first kappa shape index (κ1) is 19.3. The number of benzene rings is 1. The van der Waals surface area contributed by atoms with Crippen molar-refractivity contribution >= 4 is 15.9 Å². The lowest BCUT2D eigenvalue weighted by Gasteiger charge is -2.32. The van der Waals surface area contributed by atoms with Crippen molar-refractivity contribution in [1.29, 1.82) is 0 Å². The Bertz CT molecular complexity index is 706. The second-order valence-corrected chi connectivity index (χ2v) is 9.44. The van der Waals surface area contributed by atoms with Crippen LogP contribution >= 0.6 is 0 Å². The molecule has 1 aromatic carbocycles. The fraction of sp³-hybridized carbons (Fsp3) is 0.632. The minimum atomic E-state index is -3.20. The van der Waals surface area contributed by atoms with Gasteiger partial charge in [-0.2, -0.15) is 0 Å². The highest BCUT2D eigenvalue weighted by molar-refractivity contribution is 7.89. The summed E-state index contributed by atoms with van der Waals surface area (Å²) in [5.41, 5.74) is 1.51. The van der Waals surface area contributed by atoms with Gasteiger partial charge in [-0.25, -0.2) is 13.1 Å². The van der Waals surface area contributed by atoms with Gasteiger partial charge in [-0.05, 0) is 62.8 Å². The zero-order valence-corrected chi connectivity index (χ0v) is 16.2. The fourth-order valence-corrected chi connectivity index (χ4v) is 3.78. The zero-order valence-electron chi connectivity index (χ0n) is 15.4. The number of carbonyl (C=O) groups excluding carboxylic acids is 1. The summed E-state index contributed by atoms with van der Waals surface area (Å²) in [6, 6.07) is 7.74. The van der Waals surface area contributed by atoms with Crippen LogP contribution in [0.4, 0.5) is 0 Å². The summed E-state index contributed by atoms with van der Waals surface area (Å²) in [5, 5.41) is 3.63. The van der Waals surface area contributed by atoms with Crippen LogP contribution in [0.5, 0.6) is 0 Å². The molecule has 0 spiro atoms. The Morgan fingerprint density at radius 1 is 1.12 bits per heavy atom. The van der Waals surface area contributed by atoms with Crippen LogP contribution < -0.4 is 10.0 Å². The van der Waals surface area contributed by atoms with Gasteiger partial charge in [-0.3, -0.25) is 4.79 Å². The van der Waals surface area contributed by atoms with Gasteiger partial charge in [0.1, 0.15) is 0 Å². The lowest BCUT2D eigenvalue weighted by molar-refractivity contribution is 0.0705. The molecular formula is C19H29N3O3S. The molecule has 1 heterocycles. The van der Waals surface area contributed by atoms with E-state index in [0.29, 0.717) is 11.6 Å². The van der Waals surface area contributed by atoms with Gasteiger partial charge in [0.25, 0.3) is 5.91 Å². The molecule has 0 bridgehead atoms. The molecule has 1 aliphatic carbocycles. The molecule has 7 heteroatoms. The number of amides is 1. The Balaban J connectivity index is 1.47. The van der Waals surface area contributed by atoms with Crippen LogP contribution in [-0.4, -0.2) is 50.7 Å². The van der Waals surface area contributed by atoms with E-state index in [1.165, 1.54) is 12.8 Å². The third-order valence-electron chi connectivity index (χ3n) is 5.25. The molecular weight excluding hydrogens is 350 g/mol. The summed E-state index contributed by atoms with van der Waals surface area (Å²) in [6.07, 6.45) is 4.74. The Morgan fingerprint density at radius 2 is 1.77 bits per heavy atom. The van der Waals surface area contributed by atoms with Crippen LogP contribution in [-0.2, 0) is 16.6 Å². The molecule has 1 aliphatic heterocycles. The average Bonchev–Trinajstić information content (AvgIpc) is 3.50. The topological polar surface area (TPSA) is 78.5 Å². The van der Waals surface area contributed by atoms with Gasteiger partial charge in [0, 0.05) is 31.2 Å². The fourth-order valence-electron chi connectivity index (χ4n) is 3.19. The summed E-state index contributed by atoms with van der Waals surface area (Å²) < 4.78 is 25.5. The van der Waals surface area contributed by atoms with Gasteiger partial charge in [0.05, 0.1) is 5.75 Å². The zero-order chi connectivity index (χ0) is 18.6. The minimum absolute atomic E-state index is 0.0614. The molecule has 0 unspecified atom stereocenters. The van der Waals surface area contributed by atoms with E-state index in [1.54, 1.807) is 19.1 Å². The van der Waals surface area contributed by atoms with Crippen molar-refractivity contribution in [3.8, 4) is 0 Å². The first-order valence-corrected chi connectivity index (χ1v) is 11.2. The smallest absolute Gasteiger partial charge is 0.253 e. The number of sulfonamides is 1. The van der Waals surface area contributed by atoms with Crippen molar-refractivity contribution < 1.29 is 13.2 Å². The molecule has 6 nitrogen and oxygen atoms in total. The van der Waals surface area contributed by atoms with E-state index in [0.717, 1.165) is 44.0 Å². The summed E-state index contributed by atoms with van der Waals surface area (Å²) in [4.78, 5) is 14.6. The molecule has 144 valence electrons. The van der Waals surface area contributed by atoms with Gasteiger partial charge in [-0.1, -0.05) is 12.1 Å². The van der Waals surface area contributed by atoms with Gasteiger partial charge >= 0.3 is 0 Å². The van der Waals surface area contributed by atoms with Gasteiger partial charge < -0.3 is 10.2 Å². The molecule has 2 fully saturated rings. The highest BCUT2D eigenvalue weighted by Crippen LogP contribution is 2.28. The summed E-state index contributed by atoms with van der Waals surface area (Å²) in [6.45, 7) is 4.57. The number of nitrogens with zero attached hydrogens (tertiary/aromatic N) is 1. The third kappa shape index (κ3) is 5.53. The monoisotopic (exact) mass is 379 g/mol. The maximum atomic E-state index is 12.7. The molecule has 2 aliphatic rings. The highest BCUT2D eigenvalue weighted by atomic mass is 32.2. The first-order chi connectivity index (χ1) is 12.5. The summed E-state index contributed by atoms with van der Waals surface area (Å²) >= 11 is 0. The number of carbonyl (C=O) groups is 1. The average molecular weight is 380 g/mol. The second-order valence-electron chi connectivity index (χ2n) is 7.34. The van der Waals surface area contributed by atoms with Crippen molar-refractivity contribution in [2.45, 2.75) is 45.2 Å². The van der Waals surface area contributed by atoms with Crippen molar-refractivity contribution in [3.05, 3.63) is 35.4 Å². The number of hydrogen-bond donors (Lipinski definition) is 2. The molecule has 0 atom stereocenters. The number of nitrogens with one attached hydrogen (secondary N) is 2. The Kier molecular flexibility index (Phi) is 6.32. The van der Waals surface area contributed by atoms with Crippen LogP contribution in [0.2, 0.25) is 0 Å². The molecule has 26 heavy (non-hydrogen) atoms. The predicted molar refractivity (Wildman–Crippen MR) is 102 cm³/mol. The lowest BCUT2D eigenvalue weighted by Crippen LogP contribution is -2.45. The van der Waals surface area contributed by atoms with Crippen molar-refractivity contribution in [3.63, 3.8) is 0 Å². The standard InChI is InChI=1S/C19H29N3O3S/c1-2-26(24,25)21-14-16-5-7-17(8-6-16)19(23)22-11-9-18(10-12-22)20-13-15-3-4-15/h5-8,15,18,20-21H,2-4,9-14H2,1H3. The highest BCUT2D eigenvalue weighted by Gasteiger charge is 2.26. The van der Waals surface area contributed by atoms with Crippen LogP contribution in [0.15, 0.2) is 24.3 Å². The number of rotatable bonds is 8. The maximum Gasteiger partial charge on any atom is 0.253 e. The molecule has 0 aromatic heterocycles. The van der Waals surface area contributed by atoms with Gasteiger partial charge in [0.2, 0.25) is 10.0 Å². The normalized spacial score (nSPS) is 18.9. The minimum Gasteiger partial charge on any atom is -0.339 e. The van der Waals surface area contributed by atoms with E-state index in [1.807, 2.05) is 17.0 Å². The van der Waals surface area contributed by atoms with Crippen LogP contribution in [0.25, 0.3) is 0 Å². The molecule has 2 N–H and O–H groups in total. The molecule has 0 radical (unpaired) electrons. The largest absolute Gasteiger partial charge is 0.339 e. The van der Waals surface area contributed by atoms with Crippen LogP contribution in [0.1, 0.15) is 48.5 Å². The molecule has 3 rings (SSSR count). The number of likely N-dealkylation sites (tertiary alicyclic amines) is 1. The predicted octanol–water partition coefficient (Wildman–Crippen LogP) is 1.73. The molecule has 1 amide bonds. The first-order valence-electron chi connectivity index (χ1n) is 9.56. The summed E-state index contributed by atoms with van der Waals surface area (Å²) in [7, 11) is -3.20. The Labute approximate surface area is 156 Å². The van der Waals surface area contributed by atoms with Crippen molar-refractivity contribution in [2.75, 3.05) is 25.4 Å². The van der Waals surface area contributed by atoms with Crippen LogP contribution in [0, 0.1) is 5.92 Å². The van der Waals surface area contributed by atoms with E-state index in [2.05, 4.69) is 10.0 Å². The van der Waals surface area contributed by atoms with Gasteiger partial charge in [-0.15, -0.1) is 0 Å². The molecule has 1 saturated carbocycles. The third-order valence-corrected chi connectivity index (χ3v) is 6.60. The summed E-state index contributed by atoms with van der Waals surface area (Å²) in [5.74, 6) is 1.01. The Hall–Kier alpha value is -1.44. The van der Waals surface area contributed by atoms with E-state index in [4.69, 9.17) is 0 Å². The maximum absolute atomic E-state index is 12.7. The molecule has 1 saturated heterocycles. The number of hydrogen-bond acceptors (Lipinski definition) is 4. The van der Waals surface area contributed by atoms with Crippen molar-refractivity contribution in [2.24, 2.45) is 5.92 Å². The van der Waals surface area contributed by atoms with Gasteiger partial charge in [0.15, 0.2) is 0 Å². The van der Waals surface area contributed by atoms with E-state index in [-0.39, 0.29) is 18.2 Å². The number of piperidine rings is 1. The molecule has 1 aromatic rings. The Morgan fingerprint density at radius 3 is 2.35 bits per heavy atom. The van der Waals surface area contributed by atoms with E-state index >= 15 is 0 Å². The van der Waals surface area contributed by atoms with Crippen LogP contribution in [0.3, 0.4) is 0 Å². The van der Waals surface area contributed by atoms with E-state index < -0.39 is 10.0 Å². The quantitative estimate of drug-likeness (QED) is 0.721. The van der Waals surface area contributed by atoms with Crippen molar-refractivity contribution in [1.82, 2.24) is 14.9 Å².